The summed E-state index contributed by atoms with van der Waals surface area (Å²) in [7, 11) is -3.55. The minimum Gasteiger partial charge on any atom is -0.363 e. The molecule has 3 rings (SSSR count). The number of nitrogens with zero attached hydrogens (tertiary/aromatic N) is 3. The molecule has 7 nitrogen and oxygen atoms in total. The van der Waals surface area contributed by atoms with Crippen LogP contribution in [0.15, 0.2) is 51.8 Å². The number of nitro groups is 1. The fraction of sp³-hybridized carbons (Fsp3) is 0.294. The van der Waals surface area contributed by atoms with Gasteiger partial charge in [0.25, 0.3) is 5.69 Å². The van der Waals surface area contributed by atoms with Crippen LogP contribution in [0.4, 0.5) is 11.4 Å². The minimum absolute atomic E-state index is 0.00853. The second-order valence-corrected chi connectivity index (χ2v) is 8.95. The molecular formula is C17H18BrN3O4S. The monoisotopic (exact) mass is 439 g/mol. The van der Waals surface area contributed by atoms with Crippen molar-refractivity contribution in [3.63, 3.8) is 0 Å². The van der Waals surface area contributed by atoms with Crippen LogP contribution in [-0.2, 0) is 10.0 Å². The molecular weight excluding hydrogens is 422 g/mol. The van der Waals surface area contributed by atoms with E-state index in [1.807, 2.05) is 11.8 Å². The highest BCUT2D eigenvalue weighted by atomic mass is 79.9. The molecule has 9 heteroatoms. The Balaban J connectivity index is 1.77. The van der Waals surface area contributed by atoms with E-state index < -0.39 is 14.9 Å². The van der Waals surface area contributed by atoms with Gasteiger partial charge >= 0.3 is 0 Å². The van der Waals surface area contributed by atoms with Crippen LogP contribution in [0, 0.1) is 17.0 Å². The van der Waals surface area contributed by atoms with E-state index in [-0.39, 0.29) is 23.7 Å². The Hall–Kier alpha value is -1.97. The van der Waals surface area contributed by atoms with Crippen LogP contribution in [0.1, 0.15) is 5.56 Å². The first-order valence-electron chi connectivity index (χ1n) is 8.05. The molecule has 1 aliphatic rings. The van der Waals surface area contributed by atoms with Crippen LogP contribution >= 0.6 is 15.9 Å². The van der Waals surface area contributed by atoms with Crippen LogP contribution in [-0.4, -0.2) is 43.8 Å². The Morgan fingerprint density at radius 3 is 2.23 bits per heavy atom. The number of hydrogen-bond donors (Lipinski definition) is 0. The number of hydrogen-bond acceptors (Lipinski definition) is 5. The van der Waals surface area contributed by atoms with E-state index >= 15 is 0 Å². The molecule has 1 saturated heterocycles. The van der Waals surface area contributed by atoms with Gasteiger partial charge in [0.05, 0.1) is 9.82 Å². The van der Waals surface area contributed by atoms with Crippen molar-refractivity contribution < 1.29 is 13.3 Å². The van der Waals surface area contributed by atoms with E-state index in [1.54, 1.807) is 36.4 Å². The van der Waals surface area contributed by atoms with Gasteiger partial charge in [-0.1, -0.05) is 33.6 Å². The standard InChI is InChI=1S/C17H18BrN3O4S/c1-13-2-5-15(6-3-13)26(24,25)20-10-8-19(9-11-20)16-7-4-14(18)12-17(16)21(22)23/h2-7,12H,8-11H2,1H3. The maximum absolute atomic E-state index is 12.8. The SMILES string of the molecule is Cc1ccc(S(=O)(=O)N2CCN(c3ccc(Br)cc3[N+](=O)[O-])CC2)cc1. The Bertz CT molecular complexity index is 924. The maximum atomic E-state index is 12.8. The Morgan fingerprint density at radius 1 is 1.04 bits per heavy atom. The quantitative estimate of drug-likeness (QED) is 0.539. The zero-order chi connectivity index (χ0) is 18.9. The third-order valence-corrected chi connectivity index (χ3v) is 6.78. The molecule has 0 amide bonds. The lowest BCUT2D eigenvalue weighted by molar-refractivity contribution is -0.384. The molecule has 0 saturated carbocycles. The first-order chi connectivity index (χ1) is 12.3. The van der Waals surface area contributed by atoms with Crippen molar-refractivity contribution in [1.82, 2.24) is 4.31 Å². The van der Waals surface area contributed by atoms with Gasteiger partial charge in [0, 0.05) is 36.7 Å². The van der Waals surface area contributed by atoms with Crippen molar-refractivity contribution in [3.8, 4) is 0 Å². The Morgan fingerprint density at radius 2 is 1.65 bits per heavy atom. The molecule has 26 heavy (non-hydrogen) atoms. The summed E-state index contributed by atoms with van der Waals surface area (Å²) in [5, 5.41) is 11.3. The summed E-state index contributed by atoms with van der Waals surface area (Å²) in [5.74, 6) is 0. The molecule has 2 aromatic carbocycles. The van der Waals surface area contributed by atoms with Gasteiger partial charge < -0.3 is 4.90 Å². The summed E-state index contributed by atoms with van der Waals surface area (Å²) < 4.78 is 27.6. The lowest BCUT2D eigenvalue weighted by atomic mass is 10.2. The zero-order valence-electron chi connectivity index (χ0n) is 14.1. The van der Waals surface area contributed by atoms with E-state index in [0.29, 0.717) is 23.2 Å². The van der Waals surface area contributed by atoms with E-state index in [0.717, 1.165) is 5.56 Å². The van der Waals surface area contributed by atoms with Crippen molar-refractivity contribution in [2.24, 2.45) is 0 Å². The molecule has 0 atom stereocenters. The second kappa shape index (κ2) is 7.34. The fourth-order valence-corrected chi connectivity index (χ4v) is 4.71. The van der Waals surface area contributed by atoms with Crippen molar-refractivity contribution >= 4 is 37.3 Å². The van der Waals surface area contributed by atoms with Crippen molar-refractivity contribution in [2.45, 2.75) is 11.8 Å². The molecule has 0 aliphatic carbocycles. The summed E-state index contributed by atoms with van der Waals surface area (Å²) in [6.45, 7) is 3.26. The number of piperazine rings is 1. The number of nitro benzene ring substituents is 1. The lowest BCUT2D eigenvalue weighted by Crippen LogP contribution is -2.48. The highest BCUT2D eigenvalue weighted by Crippen LogP contribution is 2.32. The molecule has 0 spiro atoms. The number of aryl methyl sites for hydroxylation is 1. The molecule has 0 aromatic heterocycles. The third-order valence-electron chi connectivity index (χ3n) is 4.37. The number of sulfonamides is 1. The summed E-state index contributed by atoms with van der Waals surface area (Å²) in [6.07, 6.45) is 0. The molecule has 0 bridgehead atoms. The summed E-state index contributed by atoms with van der Waals surface area (Å²) in [6, 6.07) is 11.7. The zero-order valence-corrected chi connectivity index (χ0v) is 16.5. The van der Waals surface area contributed by atoms with Gasteiger partial charge in [0.2, 0.25) is 10.0 Å². The summed E-state index contributed by atoms with van der Waals surface area (Å²) in [5.41, 5.74) is 1.51. The van der Waals surface area contributed by atoms with Crippen LogP contribution in [0.3, 0.4) is 0 Å². The average Bonchev–Trinajstić information content (AvgIpc) is 2.62. The number of rotatable bonds is 4. The third kappa shape index (κ3) is 3.74. The summed E-state index contributed by atoms with van der Waals surface area (Å²) >= 11 is 3.24. The van der Waals surface area contributed by atoms with Crippen molar-refractivity contribution in [1.29, 1.82) is 0 Å². The van der Waals surface area contributed by atoms with Gasteiger partial charge in [0.15, 0.2) is 0 Å². The van der Waals surface area contributed by atoms with Gasteiger partial charge in [0.1, 0.15) is 5.69 Å². The molecule has 0 N–H and O–H groups in total. The van der Waals surface area contributed by atoms with Crippen LogP contribution in [0.25, 0.3) is 0 Å². The number of halogens is 1. The van der Waals surface area contributed by atoms with Gasteiger partial charge in [-0.05, 0) is 31.2 Å². The van der Waals surface area contributed by atoms with E-state index in [1.165, 1.54) is 10.4 Å². The van der Waals surface area contributed by atoms with Gasteiger partial charge in [-0.25, -0.2) is 8.42 Å². The topological polar surface area (TPSA) is 83.8 Å². The fourth-order valence-electron chi connectivity index (χ4n) is 2.94. The minimum atomic E-state index is -3.55. The predicted molar refractivity (Wildman–Crippen MR) is 103 cm³/mol. The van der Waals surface area contributed by atoms with Crippen molar-refractivity contribution in [3.05, 3.63) is 62.6 Å². The largest absolute Gasteiger partial charge is 0.363 e. The molecule has 1 aliphatic heterocycles. The average molecular weight is 440 g/mol. The van der Waals surface area contributed by atoms with Crippen LogP contribution in [0.5, 0.6) is 0 Å². The van der Waals surface area contributed by atoms with E-state index in [9.17, 15) is 18.5 Å². The lowest BCUT2D eigenvalue weighted by Gasteiger charge is -2.35. The summed E-state index contributed by atoms with van der Waals surface area (Å²) in [4.78, 5) is 13.0. The van der Waals surface area contributed by atoms with Crippen LogP contribution < -0.4 is 4.90 Å². The smallest absolute Gasteiger partial charge is 0.293 e. The highest BCUT2D eigenvalue weighted by Gasteiger charge is 2.30. The number of anilines is 1. The predicted octanol–water partition coefficient (Wildman–Crippen LogP) is 3.18. The van der Waals surface area contributed by atoms with Crippen LogP contribution in [0.2, 0.25) is 0 Å². The maximum Gasteiger partial charge on any atom is 0.293 e. The van der Waals surface area contributed by atoms with Gasteiger partial charge in [-0.2, -0.15) is 4.31 Å². The van der Waals surface area contributed by atoms with E-state index in [4.69, 9.17) is 0 Å². The van der Waals surface area contributed by atoms with Gasteiger partial charge in [-0.3, -0.25) is 10.1 Å². The molecule has 1 fully saturated rings. The molecule has 0 radical (unpaired) electrons. The van der Waals surface area contributed by atoms with Crippen molar-refractivity contribution in [2.75, 3.05) is 31.1 Å². The molecule has 0 unspecified atom stereocenters. The highest BCUT2D eigenvalue weighted by molar-refractivity contribution is 9.10. The molecule has 2 aromatic rings. The second-order valence-electron chi connectivity index (χ2n) is 6.09. The number of benzene rings is 2. The first-order valence-corrected chi connectivity index (χ1v) is 10.3. The Labute approximate surface area is 160 Å². The first kappa shape index (κ1) is 18.8. The van der Waals surface area contributed by atoms with E-state index in [2.05, 4.69) is 15.9 Å². The Kier molecular flexibility index (Phi) is 5.31. The molecule has 138 valence electrons. The molecule has 1 heterocycles. The normalized spacial score (nSPS) is 15.8. The van der Waals surface area contributed by atoms with Gasteiger partial charge in [-0.15, -0.1) is 0 Å².